The zero-order valence-electron chi connectivity index (χ0n) is 12.4. The molecule has 1 atom stereocenters. The van der Waals surface area contributed by atoms with E-state index in [1.165, 1.54) is 0 Å². The summed E-state index contributed by atoms with van der Waals surface area (Å²) in [7, 11) is 0. The average molecular weight is 300 g/mol. The first-order chi connectivity index (χ1) is 10.8. The fourth-order valence-corrected chi connectivity index (χ4v) is 2.49. The van der Waals surface area contributed by atoms with Gasteiger partial charge in [0.15, 0.2) is 0 Å². The quantitative estimate of drug-likeness (QED) is 0.902. The zero-order chi connectivity index (χ0) is 15.2. The van der Waals surface area contributed by atoms with Gasteiger partial charge in [-0.25, -0.2) is 4.98 Å². The number of nitrogen functional groups attached to an aromatic ring is 1. The number of hydrogen-bond donors (Lipinski definition) is 1. The van der Waals surface area contributed by atoms with Crippen LogP contribution in [0.4, 0.5) is 5.82 Å². The number of rotatable bonds is 5. The molecule has 1 aromatic carbocycles. The standard InChI is InChI=1S/C16H20N4O2/c17-16-15(18-6-7-19-16)14-12-20(9-11-22-14)8-10-21-13-4-2-1-3-5-13/h1-7,14H,8-12H2,(H2,17,19). The largest absolute Gasteiger partial charge is 0.492 e. The molecule has 2 heterocycles. The first kappa shape index (κ1) is 14.7. The summed E-state index contributed by atoms with van der Waals surface area (Å²) in [5, 5.41) is 0. The van der Waals surface area contributed by atoms with Gasteiger partial charge in [0.2, 0.25) is 0 Å². The minimum atomic E-state index is -0.126. The van der Waals surface area contributed by atoms with Crippen molar-refractivity contribution in [3.05, 3.63) is 48.4 Å². The Bertz CT molecular complexity index is 594. The first-order valence-corrected chi connectivity index (χ1v) is 7.41. The number of benzene rings is 1. The monoisotopic (exact) mass is 300 g/mol. The van der Waals surface area contributed by atoms with Crippen LogP contribution < -0.4 is 10.5 Å². The normalized spacial score (nSPS) is 19.0. The van der Waals surface area contributed by atoms with Crippen LogP contribution >= 0.6 is 0 Å². The van der Waals surface area contributed by atoms with Gasteiger partial charge in [-0.2, -0.15) is 0 Å². The van der Waals surface area contributed by atoms with Crippen molar-refractivity contribution >= 4 is 5.82 Å². The van der Waals surface area contributed by atoms with Gasteiger partial charge in [-0.1, -0.05) is 18.2 Å². The highest BCUT2D eigenvalue weighted by Crippen LogP contribution is 2.23. The first-order valence-electron chi connectivity index (χ1n) is 7.41. The number of ether oxygens (including phenoxy) is 2. The Morgan fingerprint density at radius 2 is 2.05 bits per heavy atom. The average Bonchev–Trinajstić information content (AvgIpc) is 2.57. The maximum absolute atomic E-state index is 5.88. The van der Waals surface area contributed by atoms with Gasteiger partial charge in [-0.3, -0.25) is 9.88 Å². The van der Waals surface area contributed by atoms with Gasteiger partial charge in [0, 0.05) is 32.0 Å². The summed E-state index contributed by atoms with van der Waals surface area (Å²) in [5.41, 5.74) is 6.59. The molecule has 1 aromatic heterocycles. The van der Waals surface area contributed by atoms with Crippen molar-refractivity contribution in [2.24, 2.45) is 0 Å². The zero-order valence-corrected chi connectivity index (χ0v) is 12.4. The summed E-state index contributed by atoms with van der Waals surface area (Å²) < 4.78 is 11.5. The van der Waals surface area contributed by atoms with E-state index in [0.717, 1.165) is 31.1 Å². The number of hydrogen-bond acceptors (Lipinski definition) is 6. The molecular weight excluding hydrogens is 280 g/mol. The summed E-state index contributed by atoms with van der Waals surface area (Å²) in [6, 6.07) is 9.84. The van der Waals surface area contributed by atoms with Crippen molar-refractivity contribution in [3.8, 4) is 5.75 Å². The van der Waals surface area contributed by atoms with E-state index < -0.39 is 0 Å². The second-order valence-corrected chi connectivity index (χ2v) is 5.15. The topological polar surface area (TPSA) is 73.5 Å². The number of nitrogens with zero attached hydrogens (tertiary/aromatic N) is 3. The number of morpholine rings is 1. The van der Waals surface area contributed by atoms with Crippen LogP contribution in [0.25, 0.3) is 0 Å². The van der Waals surface area contributed by atoms with Crippen LogP contribution in [0.2, 0.25) is 0 Å². The van der Waals surface area contributed by atoms with Gasteiger partial charge in [0.05, 0.1) is 6.61 Å². The fraction of sp³-hybridized carbons (Fsp3) is 0.375. The number of anilines is 1. The van der Waals surface area contributed by atoms with E-state index >= 15 is 0 Å². The molecule has 1 fully saturated rings. The van der Waals surface area contributed by atoms with Crippen molar-refractivity contribution in [1.82, 2.24) is 14.9 Å². The van der Waals surface area contributed by atoms with Crippen LogP contribution in [0.5, 0.6) is 5.75 Å². The lowest BCUT2D eigenvalue weighted by Crippen LogP contribution is -2.40. The van der Waals surface area contributed by atoms with E-state index in [0.29, 0.717) is 19.0 Å². The third-order valence-corrected chi connectivity index (χ3v) is 3.63. The lowest BCUT2D eigenvalue weighted by Gasteiger charge is -2.32. The van der Waals surface area contributed by atoms with E-state index in [4.69, 9.17) is 15.2 Å². The van der Waals surface area contributed by atoms with Crippen LogP contribution in [0, 0.1) is 0 Å². The van der Waals surface area contributed by atoms with Crippen LogP contribution in [0.1, 0.15) is 11.8 Å². The summed E-state index contributed by atoms with van der Waals surface area (Å²) in [5.74, 6) is 1.33. The predicted molar refractivity (Wildman–Crippen MR) is 83.5 cm³/mol. The van der Waals surface area contributed by atoms with Crippen LogP contribution in [-0.4, -0.2) is 47.7 Å². The maximum atomic E-state index is 5.88. The Hall–Kier alpha value is -2.18. The molecule has 6 nitrogen and oxygen atoms in total. The molecule has 2 N–H and O–H groups in total. The molecule has 3 rings (SSSR count). The Morgan fingerprint density at radius 1 is 1.23 bits per heavy atom. The lowest BCUT2D eigenvalue weighted by atomic mass is 10.2. The molecule has 0 aliphatic carbocycles. The minimum Gasteiger partial charge on any atom is -0.492 e. The highest BCUT2D eigenvalue weighted by molar-refractivity contribution is 5.35. The smallest absolute Gasteiger partial charge is 0.147 e. The molecule has 1 aliphatic heterocycles. The molecular formula is C16H20N4O2. The Morgan fingerprint density at radius 3 is 2.86 bits per heavy atom. The Labute approximate surface area is 129 Å². The van der Waals surface area contributed by atoms with Crippen molar-refractivity contribution in [2.75, 3.05) is 38.6 Å². The summed E-state index contributed by atoms with van der Waals surface area (Å²) in [4.78, 5) is 10.7. The van der Waals surface area contributed by atoms with Crippen molar-refractivity contribution in [2.45, 2.75) is 6.10 Å². The molecule has 0 amide bonds. The Kier molecular flexibility index (Phi) is 4.82. The number of nitrogens with two attached hydrogens (primary N) is 1. The minimum absolute atomic E-state index is 0.126. The third kappa shape index (κ3) is 3.72. The van der Waals surface area contributed by atoms with Gasteiger partial charge in [0.1, 0.15) is 30.0 Å². The highest BCUT2D eigenvalue weighted by Gasteiger charge is 2.24. The molecule has 1 saturated heterocycles. The summed E-state index contributed by atoms with van der Waals surface area (Å²) in [6.45, 7) is 3.78. The van der Waals surface area contributed by atoms with E-state index in [1.807, 2.05) is 30.3 Å². The van der Waals surface area contributed by atoms with Gasteiger partial charge in [0.25, 0.3) is 0 Å². The van der Waals surface area contributed by atoms with E-state index in [-0.39, 0.29) is 6.10 Å². The van der Waals surface area contributed by atoms with Gasteiger partial charge >= 0.3 is 0 Å². The van der Waals surface area contributed by atoms with Crippen molar-refractivity contribution in [3.63, 3.8) is 0 Å². The molecule has 0 spiro atoms. The van der Waals surface area contributed by atoms with Crippen LogP contribution in [0.15, 0.2) is 42.7 Å². The molecule has 22 heavy (non-hydrogen) atoms. The second kappa shape index (κ2) is 7.20. The van der Waals surface area contributed by atoms with E-state index in [2.05, 4.69) is 14.9 Å². The molecule has 6 heteroatoms. The Balaban J connectivity index is 1.52. The molecule has 1 aliphatic rings. The number of aromatic nitrogens is 2. The highest BCUT2D eigenvalue weighted by atomic mass is 16.5. The molecule has 0 radical (unpaired) electrons. The number of para-hydroxylation sites is 1. The van der Waals surface area contributed by atoms with Crippen LogP contribution in [0.3, 0.4) is 0 Å². The predicted octanol–water partition coefficient (Wildman–Crippen LogP) is 1.51. The van der Waals surface area contributed by atoms with Gasteiger partial charge in [-0.15, -0.1) is 0 Å². The van der Waals surface area contributed by atoms with Crippen LogP contribution in [-0.2, 0) is 4.74 Å². The van der Waals surface area contributed by atoms with E-state index in [9.17, 15) is 0 Å². The molecule has 1 unspecified atom stereocenters. The van der Waals surface area contributed by atoms with Crippen molar-refractivity contribution in [1.29, 1.82) is 0 Å². The third-order valence-electron chi connectivity index (χ3n) is 3.63. The van der Waals surface area contributed by atoms with Crippen molar-refractivity contribution < 1.29 is 9.47 Å². The molecule has 0 saturated carbocycles. The summed E-state index contributed by atoms with van der Waals surface area (Å²) >= 11 is 0. The maximum Gasteiger partial charge on any atom is 0.147 e. The molecule has 116 valence electrons. The summed E-state index contributed by atoms with van der Waals surface area (Å²) in [6.07, 6.45) is 3.11. The van der Waals surface area contributed by atoms with Gasteiger partial charge < -0.3 is 15.2 Å². The van der Waals surface area contributed by atoms with E-state index in [1.54, 1.807) is 12.4 Å². The lowest BCUT2D eigenvalue weighted by molar-refractivity contribution is -0.0346. The molecule has 2 aromatic rings. The molecule has 0 bridgehead atoms. The SMILES string of the molecule is Nc1nccnc1C1CN(CCOc2ccccc2)CCO1. The fourth-order valence-electron chi connectivity index (χ4n) is 2.49. The van der Waals surface area contributed by atoms with Gasteiger partial charge in [-0.05, 0) is 12.1 Å². The second-order valence-electron chi connectivity index (χ2n) is 5.15.